The van der Waals surface area contributed by atoms with Crippen molar-refractivity contribution in [1.82, 2.24) is 19.9 Å². The number of rotatable bonds is 9. The van der Waals surface area contributed by atoms with Crippen LogP contribution in [0.25, 0.3) is 0 Å². The lowest BCUT2D eigenvalue weighted by Crippen LogP contribution is -2.51. The van der Waals surface area contributed by atoms with E-state index in [-0.39, 0.29) is 27.5 Å². The summed E-state index contributed by atoms with van der Waals surface area (Å²) in [6.07, 6.45) is 2.52. The van der Waals surface area contributed by atoms with Gasteiger partial charge in [0.2, 0.25) is 21.8 Å². The fourth-order valence-electron chi connectivity index (χ4n) is 4.67. The molecular formula is C22H30FN7O4S3. The Balaban J connectivity index is 1.50. The van der Waals surface area contributed by atoms with Gasteiger partial charge in [0.25, 0.3) is 0 Å². The largest absolute Gasteiger partial charge is 0.480 e. The SMILES string of the molecule is COc1cc(N(C(=S)NN)[C@H]2CCc3sc(NC(=O)[C@H]4C[C@@H]4F)c(S(=O)(=O)NCC4CC4)c3C2)n(C)n1. The van der Waals surface area contributed by atoms with E-state index in [1.807, 2.05) is 4.90 Å². The van der Waals surface area contributed by atoms with Crippen molar-refractivity contribution >= 4 is 55.4 Å². The summed E-state index contributed by atoms with van der Waals surface area (Å²) in [6, 6.07) is 1.49. The number of hydrogen-bond donors (Lipinski definition) is 4. The minimum absolute atomic E-state index is 0.0661. The van der Waals surface area contributed by atoms with Gasteiger partial charge in [-0.3, -0.25) is 9.69 Å². The number of amides is 1. The van der Waals surface area contributed by atoms with E-state index in [1.165, 1.54) is 18.4 Å². The molecule has 1 amide bonds. The monoisotopic (exact) mass is 571 g/mol. The van der Waals surface area contributed by atoms with Crippen LogP contribution in [0.4, 0.5) is 15.2 Å². The van der Waals surface area contributed by atoms with Gasteiger partial charge in [-0.25, -0.2) is 28.1 Å². The quantitative estimate of drug-likeness (QED) is 0.200. The van der Waals surface area contributed by atoms with Gasteiger partial charge in [-0.1, -0.05) is 0 Å². The molecule has 5 rings (SSSR count). The Morgan fingerprint density at radius 2 is 2.14 bits per heavy atom. The Kier molecular flexibility index (Phi) is 7.17. The molecule has 3 atom stereocenters. The molecule has 2 aromatic rings. The number of anilines is 2. The summed E-state index contributed by atoms with van der Waals surface area (Å²) in [7, 11) is -0.663. The number of thiophene rings is 1. The van der Waals surface area contributed by atoms with E-state index in [2.05, 4.69) is 20.6 Å². The smallest absolute Gasteiger partial charge is 0.243 e. The first kappa shape index (κ1) is 26.3. The van der Waals surface area contributed by atoms with Crippen molar-refractivity contribution in [3.63, 3.8) is 0 Å². The van der Waals surface area contributed by atoms with Crippen molar-refractivity contribution in [2.24, 2.45) is 24.7 Å². The molecule has 5 N–H and O–H groups in total. The topological polar surface area (TPSA) is 144 Å². The van der Waals surface area contributed by atoms with Gasteiger partial charge in [0.05, 0.1) is 13.0 Å². The number of nitrogens with one attached hydrogen (secondary N) is 3. The number of carbonyl (C=O) groups excluding carboxylic acids is 1. The van der Waals surface area contributed by atoms with E-state index in [0.29, 0.717) is 49.0 Å². The zero-order valence-corrected chi connectivity index (χ0v) is 22.9. The molecular weight excluding hydrogens is 541 g/mol. The Labute approximate surface area is 223 Å². The van der Waals surface area contributed by atoms with Crippen LogP contribution in [-0.2, 0) is 34.7 Å². The highest BCUT2D eigenvalue weighted by Gasteiger charge is 2.45. The fourth-order valence-corrected chi connectivity index (χ4v) is 8.00. The molecule has 15 heteroatoms. The third-order valence-corrected chi connectivity index (χ3v) is 10.2. The van der Waals surface area contributed by atoms with Crippen LogP contribution in [0.2, 0.25) is 0 Å². The molecule has 0 unspecified atom stereocenters. The molecule has 2 fully saturated rings. The Morgan fingerprint density at radius 1 is 1.41 bits per heavy atom. The highest BCUT2D eigenvalue weighted by atomic mass is 32.2. The summed E-state index contributed by atoms with van der Waals surface area (Å²) in [5.41, 5.74) is 3.16. The summed E-state index contributed by atoms with van der Waals surface area (Å²) < 4.78 is 50.2. The second kappa shape index (κ2) is 10.1. The minimum atomic E-state index is -3.93. The zero-order chi connectivity index (χ0) is 26.5. The number of aryl methyl sites for hydroxylation is 2. The molecule has 37 heavy (non-hydrogen) atoms. The summed E-state index contributed by atoms with van der Waals surface area (Å²) in [4.78, 5) is 15.3. The van der Waals surface area contributed by atoms with Gasteiger partial charge in [-0.05, 0) is 62.2 Å². The molecule has 11 nitrogen and oxygen atoms in total. The second-order valence-electron chi connectivity index (χ2n) is 9.69. The molecule has 0 aromatic carbocycles. The van der Waals surface area contributed by atoms with Crippen LogP contribution < -0.4 is 30.9 Å². The number of hydrogen-bond acceptors (Lipinski definition) is 8. The van der Waals surface area contributed by atoms with E-state index in [9.17, 15) is 17.6 Å². The summed E-state index contributed by atoms with van der Waals surface area (Å²) in [5.74, 6) is 5.85. The predicted octanol–water partition coefficient (Wildman–Crippen LogP) is 1.59. The van der Waals surface area contributed by atoms with Gasteiger partial charge < -0.3 is 15.5 Å². The molecule has 202 valence electrons. The number of nitrogens with zero attached hydrogens (tertiary/aromatic N) is 3. The molecule has 2 heterocycles. The standard InChI is InChI=1S/C22H30FN7O4S3/c1-29-18(9-17(28-29)34-2)30(22(35)27-24)12-5-6-16-14(7-12)19(37(32,33)25-10-11-3-4-11)21(36-16)26-20(31)13-8-15(13)23/h9,11-13,15,25H,3-8,10,24H2,1-2H3,(H,26,31)(H,27,35)/t12-,13-,15-/m0/s1. The van der Waals surface area contributed by atoms with Gasteiger partial charge in [0.15, 0.2) is 5.11 Å². The Morgan fingerprint density at radius 3 is 2.73 bits per heavy atom. The number of hydrazine groups is 1. The third-order valence-electron chi connectivity index (χ3n) is 7.00. The number of carbonyl (C=O) groups is 1. The highest BCUT2D eigenvalue weighted by Crippen LogP contribution is 2.44. The van der Waals surface area contributed by atoms with Gasteiger partial charge in [0, 0.05) is 30.6 Å². The number of methoxy groups -OCH3 is 1. The number of alkyl halides is 1. The predicted molar refractivity (Wildman–Crippen MR) is 142 cm³/mol. The third kappa shape index (κ3) is 5.32. The van der Waals surface area contributed by atoms with Gasteiger partial charge >= 0.3 is 0 Å². The van der Waals surface area contributed by atoms with Crippen molar-refractivity contribution in [3.8, 4) is 5.88 Å². The number of ether oxygens (including phenoxy) is 1. The fraction of sp³-hybridized carbons (Fsp3) is 0.591. The minimum Gasteiger partial charge on any atom is -0.480 e. The van der Waals surface area contributed by atoms with Gasteiger partial charge in [0.1, 0.15) is 21.9 Å². The highest BCUT2D eigenvalue weighted by molar-refractivity contribution is 7.90. The Bertz CT molecular complexity index is 1320. The van der Waals surface area contributed by atoms with Gasteiger partial charge in [-0.2, -0.15) is 0 Å². The number of fused-ring (bicyclic) bond motifs is 1. The van der Waals surface area contributed by atoms with E-state index < -0.39 is 28.0 Å². The normalized spacial score (nSPS) is 22.8. The molecule has 0 spiro atoms. The van der Waals surface area contributed by atoms with Crippen LogP contribution in [0.1, 0.15) is 36.1 Å². The van der Waals surface area contributed by atoms with Crippen molar-refractivity contribution in [1.29, 1.82) is 0 Å². The maximum atomic E-state index is 13.6. The zero-order valence-electron chi connectivity index (χ0n) is 20.5. The lowest BCUT2D eigenvalue weighted by molar-refractivity contribution is -0.117. The molecule has 0 saturated heterocycles. The number of thiocarbonyl (C=S) groups is 1. The summed E-state index contributed by atoms with van der Waals surface area (Å²) in [6.45, 7) is 0.348. The summed E-state index contributed by atoms with van der Waals surface area (Å²) in [5, 5.41) is 7.53. The first-order valence-electron chi connectivity index (χ1n) is 12.1. The van der Waals surface area contributed by atoms with Crippen molar-refractivity contribution < 1.29 is 22.3 Å². The Hall–Kier alpha value is -2.33. The van der Waals surface area contributed by atoms with Crippen LogP contribution in [-0.4, -0.2) is 55.1 Å². The van der Waals surface area contributed by atoms with Crippen LogP contribution in [0, 0.1) is 11.8 Å². The number of nitrogens with two attached hydrogens (primary N) is 1. The second-order valence-corrected chi connectivity index (χ2v) is 12.9. The van der Waals surface area contributed by atoms with E-state index in [4.69, 9.17) is 22.8 Å². The average molecular weight is 572 g/mol. The van der Waals surface area contributed by atoms with E-state index in [0.717, 1.165) is 17.7 Å². The first-order valence-corrected chi connectivity index (χ1v) is 14.8. The number of sulfonamides is 1. The first-order chi connectivity index (χ1) is 17.6. The molecule has 0 bridgehead atoms. The molecule has 3 aliphatic carbocycles. The van der Waals surface area contributed by atoms with Crippen molar-refractivity contribution in [3.05, 3.63) is 16.5 Å². The van der Waals surface area contributed by atoms with Gasteiger partial charge in [-0.15, -0.1) is 16.4 Å². The number of halogens is 1. The lowest BCUT2D eigenvalue weighted by Gasteiger charge is -2.35. The van der Waals surface area contributed by atoms with Crippen LogP contribution >= 0.6 is 23.6 Å². The van der Waals surface area contributed by atoms with Crippen LogP contribution in [0.15, 0.2) is 11.0 Å². The van der Waals surface area contributed by atoms with Crippen LogP contribution in [0.5, 0.6) is 5.88 Å². The maximum Gasteiger partial charge on any atom is 0.243 e. The maximum absolute atomic E-state index is 13.6. The van der Waals surface area contributed by atoms with Crippen molar-refractivity contribution in [2.75, 3.05) is 23.9 Å². The van der Waals surface area contributed by atoms with E-state index in [1.54, 1.807) is 17.8 Å². The molecule has 3 aliphatic rings. The molecule has 0 radical (unpaired) electrons. The van der Waals surface area contributed by atoms with E-state index >= 15 is 0 Å². The average Bonchev–Trinajstić information content (AvgIpc) is 3.76. The number of aromatic nitrogens is 2. The molecule has 2 saturated carbocycles. The van der Waals surface area contributed by atoms with Crippen LogP contribution in [0.3, 0.4) is 0 Å². The lowest BCUT2D eigenvalue weighted by atomic mass is 9.93. The molecule has 2 aromatic heterocycles. The summed E-state index contributed by atoms with van der Waals surface area (Å²) >= 11 is 6.77. The van der Waals surface area contributed by atoms with Crippen molar-refractivity contribution in [2.45, 2.75) is 55.6 Å². The molecule has 0 aliphatic heterocycles.